The zero-order chi connectivity index (χ0) is 20.0. The highest BCUT2D eigenvalue weighted by molar-refractivity contribution is 7.98. The summed E-state index contributed by atoms with van der Waals surface area (Å²) >= 11 is 13.4. The largest absolute Gasteiger partial charge is 0.465 e. The Labute approximate surface area is 173 Å². The van der Waals surface area contributed by atoms with Crippen molar-refractivity contribution in [2.45, 2.75) is 17.6 Å². The molecule has 2 aromatic carbocycles. The molecule has 0 aliphatic rings. The fraction of sp³-hybridized carbons (Fsp3) is 0.278. The number of methoxy groups -OCH3 is 1. The first-order valence-corrected chi connectivity index (χ1v) is 11.3. The Kier molecular flexibility index (Phi) is 8.00. The van der Waals surface area contributed by atoms with E-state index in [4.69, 9.17) is 23.2 Å². The SMILES string of the molecule is COC(=O)c1cc(S(=O)(=O)NCCSCc2ccc(Cl)c(Cl)c2)ccc1C. The van der Waals surface area contributed by atoms with Crippen molar-refractivity contribution in [1.82, 2.24) is 4.72 Å². The summed E-state index contributed by atoms with van der Waals surface area (Å²) in [5.74, 6) is 0.701. The van der Waals surface area contributed by atoms with E-state index in [2.05, 4.69) is 9.46 Å². The van der Waals surface area contributed by atoms with E-state index in [1.807, 2.05) is 6.07 Å². The average Bonchev–Trinajstić information content (AvgIpc) is 2.63. The normalized spacial score (nSPS) is 11.4. The van der Waals surface area contributed by atoms with Crippen LogP contribution in [0.3, 0.4) is 0 Å². The lowest BCUT2D eigenvalue weighted by Gasteiger charge is -2.10. The van der Waals surface area contributed by atoms with Gasteiger partial charge in [0, 0.05) is 18.1 Å². The summed E-state index contributed by atoms with van der Waals surface area (Å²) in [6.07, 6.45) is 0. The van der Waals surface area contributed by atoms with Crippen LogP contribution in [0, 0.1) is 6.92 Å². The van der Waals surface area contributed by atoms with E-state index in [1.165, 1.54) is 19.2 Å². The van der Waals surface area contributed by atoms with E-state index in [-0.39, 0.29) is 17.0 Å². The molecule has 0 aliphatic heterocycles. The third-order valence-corrected chi connectivity index (χ3v) is 6.94. The summed E-state index contributed by atoms with van der Waals surface area (Å²) in [7, 11) is -2.45. The van der Waals surface area contributed by atoms with Crippen LogP contribution in [-0.4, -0.2) is 33.8 Å². The Hall–Kier alpha value is -1.25. The van der Waals surface area contributed by atoms with E-state index in [0.29, 0.717) is 27.1 Å². The zero-order valence-electron chi connectivity index (χ0n) is 14.8. The molecule has 2 aromatic rings. The smallest absolute Gasteiger partial charge is 0.338 e. The number of halogens is 2. The molecule has 0 atom stereocenters. The van der Waals surface area contributed by atoms with Gasteiger partial charge in [0.15, 0.2) is 0 Å². The van der Waals surface area contributed by atoms with Crippen molar-refractivity contribution in [2.75, 3.05) is 19.4 Å². The Morgan fingerprint density at radius 1 is 1.15 bits per heavy atom. The molecule has 0 amide bonds. The molecule has 0 aromatic heterocycles. The number of esters is 1. The minimum Gasteiger partial charge on any atom is -0.465 e. The van der Waals surface area contributed by atoms with Crippen LogP contribution < -0.4 is 4.72 Å². The number of thioether (sulfide) groups is 1. The summed E-state index contributed by atoms with van der Waals surface area (Å²) in [6.45, 7) is 1.98. The van der Waals surface area contributed by atoms with Crippen LogP contribution in [0.5, 0.6) is 0 Å². The fourth-order valence-electron chi connectivity index (χ4n) is 2.25. The van der Waals surface area contributed by atoms with Gasteiger partial charge in [0.25, 0.3) is 0 Å². The Balaban J connectivity index is 1.91. The van der Waals surface area contributed by atoms with Crippen LogP contribution in [0.15, 0.2) is 41.3 Å². The van der Waals surface area contributed by atoms with Crippen molar-refractivity contribution >= 4 is 51.0 Å². The molecule has 0 radical (unpaired) electrons. The molecule has 27 heavy (non-hydrogen) atoms. The van der Waals surface area contributed by atoms with Gasteiger partial charge < -0.3 is 4.74 Å². The fourth-order valence-corrected chi connectivity index (χ4v) is 4.56. The van der Waals surface area contributed by atoms with Gasteiger partial charge in [-0.25, -0.2) is 17.9 Å². The van der Waals surface area contributed by atoms with Gasteiger partial charge in [-0.3, -0.25) is 0 Å². The second-order valence-electron chi connectivity index (χ2n) is 5.67. The number of carbonyl (C=O) groups is 1. The molecule has 0 fully saturated rings. The average molecular weight is 448 g/mol. The molecule has 5 nitrogen and oxygen atoms in total. The van der Waals surface area contributed by atoms with Crippen LogP contribution in [0.2, 0.25) is 10.0 Å². The second-order valence-corrected chi connectivity index (χ2v) is 9.35. The van der Waals surface area contributed by atoms with Gasteiger partial charge in [0.2, 0.25) is 10.0 Å². The maximum absolute atomic E-state index is 12.4. The molecular weight excluding hydrogens is 429 g/mol. The highest BCUT2D eigenvalue weighted by atomic mass is 35.5. The topological polar surface area (TPSA) is 72.5 Å². The third kappa shape index (κ3) is 6.12. The Bertz CT molecular complexity index is 933. The molecule has 0 unspecified atom stereocenters. The Morgan fingerprint density at radius 2 is 1.89 bits per heavy atom. The molecule has 0 saturated carbocycles. The van der Waals surface area contributed by atoms with E-state index in [1.54, 1.807) is 36.9 Å². The number of aryl methyl sites for hydroxylation is 1. The lowest BCUT2D eigenvalue weighted by molar-refractivity contribution is 0.0599. The summed E-state index contributed by atoms with van der Waals surface area (Å²) in [5.41, 5.74) is 1.89. The number of hydrogen-bond donors (Lipinski definition) is 1. The zero-order valence-corrected chi connectivity index (χ0v) is 17.9. The van der Waals surface area contributed by atoms with Crippen molar-refractivity contribution in [3.8, 4) is 0 Å². The molecule has 0 heterocycles. The van der Waals surface area contributed by atoms with Crippen molar-refractivity contribution in [1.29, 1.82) is 0 Å². The highest BCUT2D eigenvalue weighted by Crippen LogP contribution is 2.24. The number of hydrogen-bond acceptors (Lipinski definition) is 5. The summed E-state index contributed by atoms with van der Waals surface area (Å²) in [5, 5.41) is 0.999. The molecule has 0 saturated heterocycles. The number of sulfonamides is 1. The quantitative estimate of drug-likeness (QED) is 0.482. The van der Waals surface area contributed by atoms with Crippen LogP contribution in [0.1, 0.15) is 21.5 Å². The molecule has 0 spiro atoms. The van der Waals surface area contributed by atoms with Crippen molar-refractivity contribution < 1.29 is 17.9 Å². The number of rotatable bonds is 8. The number of ether oxygens (including phenoxy) is 1. The van der Waals surface area contributed by atoms with E-state index < -0.39 is 16.0 Å². The molecule has 0 bridgehead atoms. The molecule has 0 aliphatic carbocycles. The van der Waals surface area contributed by atoms with Gasteiger partial charge in [0.05, 0.1) is 27.6 Å². The minimum absolute atomic E-state index is 0.0305. The van der Waals surface area contributed by atoms with Crippen molar-refractivity contribution in [3.05, 3.63) is 63.1 Å². The number of carbonyl (C=O) groups excluding carboxylic acids is 1. The Morgan fingerprint density at radius 3 is 2.56 bits per heavy atom. The van der Waals surface area contributed by atoms with Crippen LogP contribution >= 0.6 is 35.0 Å². The maximum atomic E-state index is 12.4. The molecule has 146 valence electrons. The van der Waals surface area contributed by atoms with Crippen LogP contribution in [0.4, 0.5) is 0 Å². The van der Waals surface area contributed by atoms with E-state index in [0.717, 1.165) is 5.56 Å². The number of nitrogens with one attached hydrogen (secondary N) is 1. The van der Waals surface area contributed by atoms with Crippen LogP contribution in [0.25, 0.3) is 0 Å². The lowest BCUT2D eigenvalue weighted by atomic mass is 10.1. The van der Waals surface area contributed by atoms with Gasteiger partial charge >= 0.3 is 5.97 Å². The molecule has 9 heteroatoms. The lowest BCUT2D eigenvalue weighted by Crippen LogP contribution is -2.26. The van der Waals surface area contributed by atoms with Gasteiger partial charge in [0.1, 0.15) is 0 Å². The standard InChI is InChI=1S/C18H19Cl2NO4S2/c1-12-3-5-14(10-15(12)18(22)25-2)27(23,24)21-7-8-26-11-13-4-6-16(19)17(20)9-13/h3-6,9-10,21H,7-8,11H2,1-2H3. The highest BCUT2D eigenvalue weighted by Gasteiger charge is 2.18. The first-order valence-electron chi connectivity index (χ1n) is 7.95. The second kappa shape index (κ2) is 9.80. The number of benzene rings is 2. The molecule has 2 rings (SSSR count). The monoisotopic (exact) mass is 447 g/mol. The van der Waals surface area contributed by atoms with Gasteiger partial charge in [-0.1, -0.05) is 35.3 Å². The van der Waals surface area contributed by atoms with E-state index >= 15 is 0 Å². The summed E-state index contributed by atoms with van der Waals surface area (Å²) < 4.78 is 32.1. The van der Waals surface area contributed by atoms with Gasteiger partial charge in [-0.15, -0.1) is 0 Å². The predicted octanol–water partition coefficient (Wildman–Crippen LogP) is 4.30. The van der Waals surface area contributed by atoms with Gasteiger partial charge in [-0.05, 0) is 42.3 Å². The molecule has 1 N–H and O–H groups in total. The van der Waals surface area contributed by atoms with Crippen molar-refractivity contribution in [2.24, 2.45) is 0 Å². The van der Waals surface area contributed by atoms with Crippen LogP contribution in [-0.2, 0) is 20.5 Å². The first-order chi connectivity index (χ1) is 12.7. The van der Waals surface area contributed by atoms with Gasteiger partial charge in [-0.2, -0.15) is 11.8 Å². The third-order valence-electron chi connectivity index (χ3n) is 3.72. The predicted molar refractivity (Wildman–Crippen MR) is 110 cm³/mol. The van der Waals surface area contributed by atoms with E-state index in [9.17, 15) is 13.2 Å². The molecular formula is C18H19Cl2NO4S2. The van der Waals surface area contributed by atoms with Crippen molar-refractivity contribution in [3.63, 3.8) is 0 Å². The summed E-state index contributed by atoms with van der Waals surface area (Å²) in [4.78, 5) is 11.8. The minimum atomic E-state index is -3.71. The maximum Gasteiger partial charge on any atom is 0.338 e. The summed E-state index contributed by atoms with van der Waals surface area (Å²) in [6, 6.07) is 9.78. The first kappa shape index (κ1) is 22.0.